The van der Waals surface area contributed by atoms with E-state index in [0.29, 0.717) is 6.04 Å². The monoisotopic (exact) mass is 148 g/mol. The molecule has 0 aliphatic carbocycles. The molecule has 0 aliphatic rings. The highest BCUT2D eigenvalue weighted by Gasteiger charge is 1.91. The molecule has 0 radical (unpaired) electrons. The molecule has 0 amide bonds. The van der Waals surface area contributed by atoms with Crippen LogP contribution in [0, 0.1) is 0 Å². The summed E-state index contributed by atoms with van der Waals surface area (Å²) in [5.74, 6) is 0. The average molecular weight is 148 g/mol. The number of nitrogens with zero attached hydrogens (tertiary/aromatic N) is 1. The van der Waals surface area contributed by atoms with Gasteiger partial charge in [0.25, 0.3) is 0 Å². The van der Waals surface area contributed by atoms with E-state index in [9.17, 15) is 0 Å². The predicted octanol–water partition coefficient (Wildman–Crippen LogP) is 2.40. The van der Waals surface area contributed by atoms with Crippen LogP contribution in [0.4, 0.5) is 5.69 Å². The maximum absolute atomic E-state index is 7.61. The highest BCUT2D eigenvalue weighted by atomic mass is 15.1. The summed E-state index contributed by atoms with van der Waals surface area (Å²) in [6.07, 6.45) is 1.70. The van der Waals surface area contributed by atoms with Crippen LogP contribution < -0.4 is 4.90 Å². The van der Waals surface area contributed by atoms with Crippen LogP contribution in [-0.2, 0) is 0 Å². The molecule has 0 saturated heterocycles. The van der Waals surface area contributed by atoms with Crippen molar-refractivity contribution in [2.24, 2.45) is 0 Å². The molecule has 0 N–H and O–H groups in total. The standard InChI is InChI=1S/C10H13N/c1-4-9-5-7-10(8-6-9)11(2)3/h4-8H,1H2,2-3H3/i5D. The van der Waals surface area contributed by atoms with E-state index in [1.807, 2.05) is 37.2 Å². The average Bonchev–Trinajstić information content (AvgIpc) is 2.04. The van der Waals surface area contributed by atoms with Gasteiger partial charge in [-0.15, -0.1) is 0 Å². The molecular formula is C10H13N. The van der Waals surface area contributed by atoms with E-state index >= 15 is 0 Å². The zero-order valence-corrected chi connectivity index (χ0v) is 6.96. The van der Waals surface area contributed by atoms with E-state index in [1.165, 1.54) is 0 Å². The summed E-state index contributed by atoms with van der Waals surface area (Å²) in [6.45, 7) is 3.63. The molecule has 1 aromatic rings. The fraction of sp³-hybridized carbons (Fsp3) is 0.200. The number of hydrogen-bond donors (Lipinski definition) is 0. The van der Waals surface area contributed by atoms with Crippen molar-refractivity contribution in [1.82, 2.24) is 0 Å². The Kier molecular flexibility index (Phi) is 1.91. The Hall–Kier alpha value is -1.24. The zero-order valence-electron chi connectivity index (χ0n) is 7.96. The molecule has 1 aromatic carbocycles. The Morgan fingerprint density at radius 2 is 2.18 bits per heavy atom. The molecule has 58 valence electrons. The Bertz CT molecular complexity index is 292. The van der Waals surface area contributed by atoms with Crippen molar-refractivity contribution in [3.05, 3.63) is 36.4 Å². The van der Waals surface area contributed by atoms with E-state index in [4.69, 9.17) is 1.37 Å². The fourth-order valence-electron chi connectivity index (χ4n) is 0.834. The number of hydrogen-bond acceptors (Lipinski definition) is 1. The lowest BCUT2D eigenvalue weighted by atomic mass is 10.2. The van der Waals surface area contributed by atoms with Crippen LogP contribution in [0.1, 0.15) is 6.93 Å². The van der Waals surface area contributed by atoms with Crippen LogP contribution in [-0.4, -0.2) is 14.1 Å². The SMILES string of the molecule is [2H]c1cc(N(C)C)ccc1C=C. The van der Waals surface area contributed by atoms with Gasteiger partial charge in [0.15, 0.2) is 0 Å². The van der Waals surface area contributed by atoms with Crippen LogP contribution in [0.15, 0.2) is 30.8 Å². The van der Waals surface area contributed by atoms with Gasteiger partial charge in [0, 0.05) is 19.8 Å². The first-order valence-corrected chi connectivity index (χ1v) is 3.55. The van der Waals surface area contributed by atoms with Gasteiger partial charge in [0.1, 0.15) is 0 Å². The van der Waals surface area contributed by atoms with E-state index in [-0.39, 0.29) is 0 Å². The molecule has 0 spiro atoms. The summed E-state index contributed by atoms with van der Waals surface area (Å²) in [6, 6.07) is 6.24. The van der Waals surface area contributed by atoms with E-state index in [2.05, 4.69) is 6.58 Å². The highest BCUT2D eigenvalue weighted by molar-refractivity contribution is 5.54. The molecule has 1 rings (SSSR count). The lowest BCUT2D eigenvalue weighted by molar-refractivity contribution is 1.13. The molecule has 1 heteroatoms. The summed E-state index contributed by atoms with van der Waals surface area (Å²) >= 11 is 0. The third-order valence-corrected chi connectivity index (χ3v) is 1.56. The second-order valence-corrected chi connectivity index (χ2v) is 2.60. The highest BCUT2D eigenvalue weighted by Crippen LogP contribution is 2.12. The molecule has 11 heavy (non-hydrogen) atoms. The second kappa shape index (κ2) is 3.24. The van der Waals surface area contributed by atoms with Crippen LogP contribution in [0.2, 0.25) is 0 Å². The molecule has 0 aromatic heterocycles. The summed E-state index contributed by atoms with van der Waals surface area (Å²) < 4.78 is 7.61. The Morgan fingerprint density at radius 3 is 2.64 bits per heavy atom. The maximum atomic E-state index is 7.61. The molecule has 0 fully saturated rings. The Balaban J connectivity index is 3.10. The normalized spacial score (nSPS) is 10.5. The molecular weight excluding hydrogens is 134 g/mol. The van der Waals surface area contributed by atoms with Crippen molar-refractivity contribution in [3.63, 3.8) is 0 Å². The predicted molar refractivity (Wildman–Crippen MR) is 50.9 cm³/mol. The van der Waals surface area contributed by atoms with Crippen molar-refractivity contribution in [2.45, 2.75) is 0 Å². The minimum absolute atomic E-state index is 0.524. The van der Waals surface area contributed by atoms with Crippen LogP contribution in [0.25, 0.3) is 6.08 Å². The zero-order chi connectivity index (χ0) is 9.14. The fourth-order valence-corrected chi connectivity index (χ4v) is 0.834. The molecule has 1 nitrogen and oxygen atoms in total. The van der Waals surface area contributed by atoms with Crippen molar-refractivity contribution < 1.29 is 1.37 Å². The third kappa shape index (κ3) is 1.84. The van der Waals surface area contributed by atoms with Crippen molar-refractivity contribution in [1.29, 1.82) is 0 Å². The van der Waals surface area contributed by atoms with Gasteiger partial charge in [-0.2, -0.15) is 0 Å². The van der Waals surface area contributed by atoms with Gasteiger partial charge in [-0.1, -0.05) is 24.8 Å². The molecule has 0 aliphatic heterocycles. The smallest absolute Gasteiger partial charge is 0.0630 e. The Morgan fingerprint density at radius 1 is 1.45 bits per heavy atom. The molecule has 0 heterocycles. The maximum Gasteiger partial charge on any atom is 0.0630 e. The van der Waals surface area contributed by atoms with Crippen molar-refractivity contribution >= 4 is 11.8 Å². The minimum atomic E-state index is 0.524. The summed E-state index contributed by atoms with van der Waals surface area (Å²) in [5.41, 5.74) is 1.92. The quantitative estimate of drug-likeness (QED) is 0.622. The molecule has 0 bridgehead atoms. The summed E-state index contributed by atoms with van der Waals surface area (Å²) in [4.78, 5) is 1.98. The van der Waals surface area contributed by atoms with Crippen LogP contribution >= 0.6 is 0 Å². The lowest BCUT2D eigenvalue weighted by Gasteiger charge is -2.11. The van der Waals surface area contributed by atoms with Gasteiger partial charge >= 0.3 is 0 Å². The van der Waals surface area contributed by atoms with E-state index < -0.39 is 0 Å². The van der Waals surface area contributed by atoms with Crippen LogP contribution in [0.3, 0.4) is 0 Å². The van der Waals surface area contributed by atoms with E-state index in [0.717, 1.165) is 11.3 Å². The van der Waals surface area contributed by atoms with E-state index in [1.54, 1.807) is 6.08 Å². The summed E-state index contributed by atoms with van der Waals surface area (Å²) in [5, 5.41) is 0. The molecule has 0 unspecified atom stereocenters. The Labute approximate surface area is 69.4 Å². The van der Waals surface area contributed by atoms with Gasteiger partial charge < -0.3 is 4.90 Å². The first-order chi connectivity index (χ1) is 5.65. The lowest BCUT2D eigenvalue weighted by Crippen LogP contribution is -2.07. The van der Waals surface area contributed by atoms with Gasteiger partial charge in [-0.05, 0) is 17.7 Å². The van der Waals surface area contributed by atoms with Gasteiger partial charge in [-0.25, -0.2) is 0 Å². The third-order valence-electron chi connectivity index (χ3n) is 1.56. The first-order valence-electron chi connectivity index (χ1n) is 4.05. The topological polar surface area (TPSA) is 3.24 Å². The van der Waals surface area contributed by atoms with Crippen LogP contribution in [0.5, 0.6) is 0 Å². The second-order valence-electron chi connectivity index (χ2n) is 2.60. The molecule has 0 atom stereocenters. The van der Waals surface area contributed by atoms with Gasteiger partial charge in [0.05, 0.1) is 1.37 Å². The number of rotatable bonds is 2. The summed E-state index contributed by atoms with van der Waals surface area (Å²) in [7, 11) is 3.92. The number of benzene rings is 1. The minimum Gasteiger partial charge on any atom is -0.378 e. The van der Waals surface area contributed by atoms with Gasteiger partial charge in [-0.3, -0.25) is 0 Å². The van der Waals surface area contributed by atoms with Gasteiger partial charge in [0.2, 0.25) is 0 Å². The number of anilines is 1. The first kappa shape index (κ1) is 6.47. The molecule has 0 saturated carbocycles. The largest absolute Gasteiger partial charge is 0.378 e. The van der Waals surface area contributed by atoms with Crippen molar-refractivity contribution in [2.75, 3.05) is 19.0 Å². The van der Waals surface area contributed by atoms with Crippen molar-refractivity contribution in [3.8, 4) is 0 Å².